The molecule has 28 heavy (non-hydrogen) atoms. The molecule has 0 saturated carbocycles. The van der Waals surface area contributed by atoms with Gasteiger partial charge in [-0.25, -0.2) is 9.37 Å². The Morgan fingerprint density at radius 1 is 1.25 bits per heavy atom. The van der Waals surface area contributed by atoms with Gasteiger partial charge in [0.15, 0.2) is 5.82 Å². The molecule has 148 valence electrons. The molecule has 0 unspecified atom stereocenters. The van der Waals surface area contributed by atoms with Crippen molar-refractivity contribution in [3.63, 3.8) is 0 Å². The molecule has 1 N–H and O–H groups in total. The number of amides is 1. The molecule has 0 atom stereocenters. The molecule has 2 aromatic heterocycles. The van der Waals surface area contributed by atoms with Gasteiger partial charge in [0.1, 0.15) is 10.7 Å². The highest BCUT2D eigenvalue weighted by Gasteiger charge is 2.30. The van der Waals surface area contributed by atoms with Gasteiger partial charge in [-0.15, -0.1) is 11.3 Å². The lowest BCUT2D eigenvalue weighted by molar-refractivity contribution is 0.0911. The summed E-state index contributed by atoms with van der Waals surface area (Å²) in [5.41, 5.74) is 0.827. The van der Waals surface area contributed by atoms with Gasteiger partial charge in [0.2, 0.25) is 5.89 Å². The van der Waals surface area contributed by atoms with Gasteiger partial charge in [0.05, 0.1) is 16.2 Å². The predicted molar refractivity (Wildman–Crippen MR) is 105 cm³/mol. The van der Waals surface area contributed by atoms with Gasteiger partial charge in [0, 0.05) is 12.8 Å². The maximum atomic E-state index is 13.1. The van der Waals surface area contributed by atoms with E-state index in [0.717, 1.165) is 17.0 Å². The number of aryl methyl sites for hydroxylation is 2. The SMILES string of the molecule is CCCc1nc(C(C)(C)NC(=O)c2sc(Cc3ccc(F)cc3)nc2C)no1. The summed E-state index contributed by atoms with van der Waals surface area (Å²) in [5, 5.41) is 7.77. The molecule has 2 heterocycles. The molecule has 0 aliphatic carbocycles. The average Bonchev–Trinajstić information content (AvgIpc) is 3.24. The Bertz CT molecular complexity index is 963. The van der Waals surface area contributed by atoms with Crippen LogP contribution in [0.5, 0.6) is 0 Å². The van der Waals surface area contributed by atoms with Crippen LogP contribution in [0.1, 0.15) is 64.8 Å². The fourth-order valence-corrected chi connectivity index (χ4v) is 3.73. The smallest absolute Gasteiger partial charge is 0.264 e. The van der Waals surface area contributed by atoms with Crippen molar-refractivity contribution in [1.29, 1.82) is 0 Å². The van der Waals surface area contributed by atoms with Crippen LogP contribution < -0.4 is 5.32 Å². The standard InChI is InChI=1S/C20H23FN4O2S/c1-5-6-15-23-19(25-27-15)20(3,4)24-18(26)17-12(2)22-16(28-17)11-13-7-9-14(21)10-8-13/h7-10H,5-6,11H2,1-4H3,(H,24,26). The van der Waals surface area contributed by atoms with E-state index in [-0.39, 0.29) is 11.7 Å². The topological polar surface area (TPSA) is 80.9 Å². The van der Waals surface area contributed by atoms with Gasteiger partial charge >= 0.3 is 0 Å². The molecular weight excluding hydrogens is 379 g/mol. The maximum Gasteiger partial charge on any atom is 0.264 e. The lowest BCUT2D eigenvalue weighted by Gasteiger charge is -2.21. The van der Waals surface area contributed by atoms with E-state index in [1.54, 1.807) is 19.1 Å². The van der Waals surface area contributed by atoms with Crippen LogP contribution in [0.4, 0.5) is 4.39 Å². The van der Waals surface area contributed by atoms with Crippen molar-refractivity contribution < 1.29 is 13.7 Å². The molecule has 0 spiro atoms. The van der Waals surface area contributed by atoms with Crippen LogP contribution in [0.3, 0.4) is 0 Å². The number of thiazole rings is 1. The van der Waals surface area contributed by atoms with Crippen molar-refractivity contribution in [1.82, 2.24) is 20.4 Å². The van der Waals surface area contributed by atoms with Crippen LogP contribution in [-0.4, -0.2) is 21.0 Å². The third-order valence-electron chi connectivity index (χ3n) is 4.23. The zero-order valence-electron chi connectivity index (χ0n) is 16.4. The van der Waals surface area contributed by atoms with Crippen LogP contribution >= 0.6 is 11.3 Å². The summed E-state index contributed by atoms with van der Waals surface area (Å²) < 4.78 is 18.3. The molecule has 6 nitrogen and oxygen atoms in total. The Morgan fingerprint density at radius 3 is 2.64 bits per heavy atom. The zero-order chi connectivity index (χ0) is 20.3. The summed E-state index contributed by atoms with van der Waals surface area (Å²) in [4.78, 5) is 22.2. The molecule has 0 aliphatic rings. The Balaban J connectivity index is 1.72. The number of carbonyl (C=O) groups excluding carboxylic acids is 1. The molecule has 0 fully saturated rings. The van der Waals surface area contributed by atoms with Crippen LogP contribution in [-0.2, 0) is 18.4 Å². The number of aromatic nitrogens is 3. The Kier molecular flexibility index (Phi) is 5.88. The Labute approximate surface area is 167 Å². The highest BCUT2D eigenvalue weighted by atomic mass is 32.1. The first-order valence-electron chi connectivity index (χ1n) is 9.15. The number of benzene rings is 1. The number of rotatable bonds is 7. The third-order valence-corrected chi connectivity index (χ3v) is 5.39. The van der Waals surface area contributed by atoms with Crippen molar-refractivity contribution in [3.8, 4) is 0 Å². The number of carbonyl (C=O) groups is 1. The number of hydrogen-bond acceptors (Lipinski definition) is 6. The first-order valence-corrected chi connectivity index (χ1v) is 9.96. The molecule has 0 bridgehead atoms. The molecular formula is C20H23FN4O2S. The van der Waals surface area contributed by atoms with Gasteiger partial charge in [0.25, 0.3) is 5.91 Å². The summed E-state index contributed by atoms with van der Waals surface area (Å²) in [7, 11) is 0. The van der Waals surface area contributed by atoms with E-state index in [4.69, 9.17) is 4.52 Å². The minimum atomic E-state index is -0.778. The number of hydrogen-bond donors (Lipinski definition) is 1. The first kappa shape index (κ1) is 20.1. The summed E-state index contributed by atoms with van der Waals surface area (Å²) in [5.74, 6) is 0.505. The minimum Gasteiger partial charge on any atom is -0.339 e. The van der Waals surface area contributed by atoms with Gasteiger partial charge < -0.3 is 9.84 Å². The highest BCUT2D eigenvalue weighted by Crippen LogP contribution is 2.24. The molecule has 8 heteroatoms. The Hall–Kier alpha value is -2.61. The second kappa shape index (κ2) is 8.18. The molecule has 0 saturated heterocycles. The molecule has 0 radical (unpaired) electrons. The third kappa shape index (κ3) is 4.62. The summed E-state index contributed by atoms with van der Waals surface area (Å²) in [6, 6.07) is 6.28. The lowest BCUT2D eigenvalue weighted by atomic mass is 10.0. The molecule has 1 aromatic carbocycles. The normalized spacial score (nSPS) is 11.6. The average molecular weight is 402 g/mol. The predicted octanol–water partition coefficient (Wildman–Crippen LogP) is 4.18. The monoisotopic (exact) mass is 402 g/mol. The van der Waals surface area contributed by atoms with Gasteiger partial charge in [-0.1, -0.05) is 24.2 Å². The fraction of sp³-hybridized carbons (Fsp3) is 0.400. The van der Waals surface area contributed by atoms with Gasteiger partial charge in [-0.3, -0.25) is 4.79 Å². The quantitative estimate of drug-likeness (QED) is 0.641. The van der Waals surface area contributed by atoms with E-state index >= 15 is 0 Å². The lowest BCUT2D eigenvalue weighted by Crippen LogP contribution is -2.41. The zero-order valence-corrected chi connectivity index (χ0v) is 17.2. The highest BCUT2D eigenvalue weighted by molar-refractivity contribution is 7.13. The van der Waals surface area contributed by atoms with Crippen LogP contribution in [0.2, 0.25) is 0 Å². The van der Waals surface area contributed by atoms with E-state index < -0.39 is 5.54 Å². The van der Waals surface area contributed by atoms with Crippen molar-refractivity contribution in [2.24, 2.45) is 0 Å². The van der Waals surface area contributed by atoms with Crippen LogP contribution in [0.15, 0.2) is 28.8 Å². The maximum absolute atomic E-state index is 13.1. The first-order chi connectivity index (χ1) is 13.3. The molecule has 3 aromatic rings. The largest absolute Gasteiger partial charge is 0.339 e. The van der Waals surface area contributed by atoms with Crippen molar-refractivity contribution >= 4 is 17.2 Å². The van der Waals surface area contributed by atoms with Gasteiger partial charge in [-0.2, -0.15) is 4.98 Å². The van der Waals surface area contributed by atoms with E-state index in [2.05, 4.69) is 20.4 Å². The Morgan fingerprint density at radius 2 is 1.96 bits per heavy atom. The van der Waals surface area contributed by atoms with Crippen molar-refractivity contribution in [3.05, 3.63) is 62.9 Å². The van der Waals surface area contributed by atoms with Crippen LogP contribution in [0, 0.1) is 12.7 Å². The second-order valence-electron chi connectivity index (χ2n) is 7.17. The van der Waals surface area contributed by atoms with E-state index in [1.807, 2.05) is 20.8 Å². The molecule has 1 amide bonds. The number of nitrogens with zero attached hydrogens (tertiary/aromatic N) is 3. The van der Waals surface area contributed by atoms with Crippen LogP contribution in [0.25, 0.3) is 0 Å². The summed E-state index contributed by atoms with van der Waals surface area (Å²) >= 11 is 1.33. The minimum absolute atomic E-state index is 0.229. The van der Waals surface area contributed by atoms with Crippen molar-refractivity contribution in [2.45, 2.75) is 52.5 Å². The summed E-state index contributed by atoms with van der Waals surface area (Å²) in [6.07, 6.45) is 2.16. The van der Waals surface area contributed by atoms with E-state index in [0.29, 0.717) is 35.1 Å². The number of nitrogens with one attached hydrogen (secondary N) is 1. The molecule has 0 aliphatic heterocycles. The van der Waals surface area contributed by atoms with E-state index in [9.17, 15) is 9.18 Å². The number of halogens is 1. The fourth-order valence-electron chi connectivity index (χ4n) is 2.74. The van der Waals surface area contributed by atoms with E-state index in [1.165, 1.54) is 23.5 Å². The van der Waals surface area contributed by atoms with Crippen molar-refractivity contribution in [2.75, 3.05) is 0 Å². The molecule has 3 rings (SSSR count). The van der Waals surface area contributed by atoms with Gasteiger partial charge in [-0.05, 0) is 44.9 Å². The summed E-state index contributed by atoms with van der Waals surface area (Å²) in [6.45, 7) is 7.51. The second-order valence-corrected chi connectivity index (χ2v) is 8.25.